The largest absolute Gasteiger partial charge is 0.419 e. The summed E-state index contributed by atoms with van der Waals surface area (Å²) in [7, 11) is 0. The number of rotatable bonds is 5. The van der Waals surface area contributed by atoms with Crippen LogP contribution in [0, 0.1) is 5.82 Å². The Kier molecular flexibility index (Phi) is 5.23. The summed E-state index contributed by atoms with van der Waals surface area (Å²) in [6.45, 7) is 7.96. The Balaban J connectivity index is 1.58. The number of aliphatic hydroxyl groups excluding tert-OH is 1. The average Bonchev–Trinajstić information content (AvgIpc) is 2.99. The first kappa shape index (κ1) is 17.0. The molecular weight excluding hydrogens is 311 g/mol. The van der Waals surface area contributed by atoms with Crippen LogP contribution >= 0.6 is 0 Å². The highest BCUT2D eigenvalue weighted by Gasteiger charge is 2.25. The van der Waals surface area contributed by atoms with E-state index in [2.05, 4.69) is 26.9 Å². The normalized spacial score (nSPS) is 21.1. The summed E-state index contributed by atoms with van der Waals surface area (Å²) >= 11 is 0. The minimum atomic E-state index is -0.312. The van der Waals surface area contributed by atoms with Crippen molar-refractivity contribution in [3.8, 4) is 11.5 Å². The highest BCUT2D eigenvalue weighted by Crippen LogP contribution is 2.19. The highest BCUT2D eigenvalue weighted by atomic mass is 19.1. The molecule has 1 N–H and O–H groups in total. The van der Waals surface area contributed by atoms with Gasteiger partial charge in [0.05, 0.1) is 12.6 Å². The van der Waals surface area contributed by atoms with E-state index in [1.165, 1.54) is 12.1 Å². The topological polar surface area (TPSA) is 65.6 Å². The molecule has 3 rings (SSSR count). The molecule has 2 atom stereocenters. The highest BCUT2D eigenvalue weighted by molar-refractivity contribution is 5.51. The first-order chi connectivity index (χ1) is 11.5. The molecule has 0 spiro atoms. The lowest BCUT2D eigenvalue weighted by Gasteiger charge is -2.39. The predicted octanol–water partition coefficient (Wildman–Crippen LogP) is 1.76. The Hall–Kier alpha value is -1.83. The summed E-state index contributed by atoms with van der Waals surface area (Å²) in [4.78, 5) is 4.56. The van der Waals surface area contributed by atoms with Gasteiger partial charge in [-0.1, -0.05) is 0 Å². The maximum absolute atomic E-state index is 13.0. The molecule has 0 bridgehead atoms. The molecule has 1 aliphatic rings. The number of aliphatic hydroxyl groups is 1. The SMILES string of the molecule is C[C@@H]1CN(Cc2nnc(-c3ccc(F)cc3)o2)CCN1C[C@@H](C)O. The van der Waals surface area contributed by atoms with Gasteiger partial charge in [-0.3, -0.25) is 9.80 Å². The van der Waals surface area contributed by atoms with Crippen molar-refractivity contribution in [1.82, 2.24) is 20.0 Å². The summed E-state index contributed by atoms with van der Waals surface area (Å²) in [5, 5.41) is 17.7. The maximum Gasteiger partial charge on any atom is 0.247 e. The summed E-state index contributed by atoms with van der Waals surface area (Å²) in [5.41, 5.74) is 0.713. The Morgan fingerprint density at radius 3 is 2.71 bits per heavy atom. The molecule has 0 amide bonds. The van der Waals surface area contributed by atoms with Crippen LogP contribution in [0.5, 0.6) is 0 Å². The lowest BCUT2D eigenvalue weighted by atomic mass is 10.1. The first-order valence-electron chi connectivity index (χ1n) is 8.24. The van der Waals surface area contributed by atoms with Crippen molar-refractivity contribution in [2.24, 2.45) is 0 Å². The molecular formula is C17H23FN4O2. The Morgan fingerprint density at radius 2 is 2.04 bits per heavy atom. The van der Waals surface area contributed by atoms with Crippen molar-refractivity contribution in [2.45, 2.75) is 32.5 Å². The van der Waals surface area contributed by atoms with Crippen LogP contribution in [0.3, 0.4) is 0 Å². The van der Waals surface area contributed by atoms with Gasteiger partial charge in [0.15, 0.2) is 0 Å². The van der Waals surface area contributed by atoms with E-state index in [1.54, 1.807) is 12.1 Å². The third kappa shape index (κ3) is 4.17. The first-order valence-corrected chi connectivity index (χ1v) is 8.24. The van der Waals surface area contributed by atoms with Crippen LogP contribution < -0.4 is 0 Å². The van der Waals surface area contributed by atoms with Gasteiger partial charge >= 0.3 is 0 Å². The summed E-state index contributed by atoms with van der Waals surface area (Å²) < 4.78 is 18.7. The van der Waals surface area contributed by atoms with E-state index < -0.39 is 0 Å². The van der Waals surface area contributed by atoms with E-state index in [-0.39, 0.29) is 11.9 Å². The predicted molar refractivity (Wildman–Crippen MR) is 87.7 cm³/mol. The van der Waals surface area contributed by atoms with Gasteiger partial charge in [0.25, 0.3) is 0 Å². The second kappa shape index (κ2) is 7.38. The van der Waals surface area contributed by atoms with Crippen LogP contribution in [-0.4, -0.2) is 63.4 Å². The third-order valence-corrected chi connectivity index (χ3v) is 4.26. The molecule has 2 aromatic rings. The van der Waals surface area contributed by atoms with Crippen LogP contribution in [0.15, 0.2) is 28.7 Å². The van der Waals surface area contributed by atoms with Gasteiger partial charge in [-0.2, -0.15) is 0 Å². The quantitative estimate of drug-likeness (QED) is 0.899. The Morgan fingerprint density at radius 1 is 1.29 bits per heavy atom. The fourth-order valence-electron chi connectivity index (χ4n) is 3.04. The number of piperazine rings is 1. The van der Waals surface area contributed by atoms with Gasteiger partial charge in [0.1, 0.15) is 5.82 Å². The zero-order valence-corrected chi connectivity index (χ0v) is 14.0. The molecule has 2 heterocycles. The number of nitrogens with zero attached hydrogens (tertiary/aromatic N) is 4. The van der Waals surface area contributed by atoms with Crippen molar-refractivity contribution in [3.63, 3.8) is 0 Å². The summed E-state index contributed by atoms with van der Waals surface area (Å²) in [6, 6.07) is 6.38. The van der Waals surface area contributed by atoms with E-state index in [9.17, 15) is 9.50 Å². The number of halogens is 1. The second-order valence-corrected chi connectivity index (χ2v) is 6.44. The van der Waals surface area contributed by atoms with Gasteiger partial charge in [-0.25, -0.2) is 4.39 Å². The van der Waals surface area contributed by atoms with E-state index in [1.807, 2.05) is 6.92 Å². The van der Waals surface area contributed by atoms with Gasteiger partial charge in [-0.15, -0.1) is 10.2 Å². The van der Waals surface area contributed by atoms with Gasteiger partial charge in [-0.05, 0) is 38.1 Å². The fourth-order valence-corrected chi connectivity index (χ4v) is 3.04. The van der Waals surface area contributed by atoms with Crippen LogP contribution in [0.4, 0.5) is 4.39 Å². The maximum atomic E-state index is 13.0. The van der Waals surface area contributed by atoms with Gasteiger partial charge in [0.2, 0.25) is 11.8 Å². The number of benzene rings is 1. The van der Waals surface area contributed by atoms with Crippen molar-refractivity contribution >= 4 is 0 Å². The molecule has 7 heteroatoms. The van der Waals surface area contributed by atoms with Crippen LogP contribution in [0.25, 0.3) is 11.5 Å². The lowest BCUT2D eigenvalue weighted by Crippen LogP contribution is -2.53. The van der Waals surface area contributed by atoms with E-state index in [4.69, 9.17) is 4.42 Å². The van der Waals surface area contributed by atoms with Crippen molar-refractivity contribution in [1.29, 1.82) is 0 Å². The van der Waals surface area contributed by atoms with Crippen LogP contribution in [0.1, 0.15) is 19.7 Å². The lowest BCUT2D eigenvalue weighted by molar-refractivity contribution is 0.0393. The van der Waals surface area contributed by atoms with E-state index in [0.29, 0.717) is 36.5 Å². The van der Waals surface area contributed by atoms with E-state index in [0.717, 1.165) is 19.6 Å². The minimum absolute atomic E-state index is 0.289. The second-order valence-electron chi connectivity index (χ2n) is 6.44. The van der Waals surface area contributed by atoms with E-state index >= 15 is 0 Å². The van der Waals surface area contributed by atoms with Crippen molar-refractivity contribution in [3.05, 3.63) is 36.0 Å². The minimum Gasteiger partial charge on any atom is -0.419 e. The molecule has 6 nitrogen and oxygen atoms in total. The van der Waals surface area contributed by atoms with Crippen molar-refractivity contribution < 1.29 is 13.9 Å². The molecule has 1 aromatic heterocycles. The molecule has 1 saturated heterocycles. The molecule has 1 aromatic carbocycles. The monoisotopic (exact) mass is 334 g/mol. The standard InChI is InChI=1S/C17H23FN4O2/c1-12-9-21(7-8-22(12)10-13(2)23)11-16-19-20-17(24-16)14-3-5-15(18)6-4-14/h3-6,12-13,23H,7-11H2,1-2H3/t12-,13-/m1/s1. The average molecular weight is 334 g/mol. The molecule has 0 aliphatic carbocycles. The summed E-state index contributed by atoms with van der Waals surface area (Å²) in [6.07, 6.45) is -0.312. The molecule has 1 fully saturated rings. The fraction of sp³-hybridized carbons (Fsp3) is 0.529. The molecule has 130 valence electrons. The third-order valence-electron chi connectivity index (χ3n) is 4.26. The van der Waals surface area contributed by atoms with Gasteiger partial charge in [0, 0.05) is 37.8 Å². The number of hydrogen-bond donors (Lipinski definition) is 1. The van der Waals surface area contributed by atoms with Crippen molar-refractivity contribution in [2.75, 3.05) is 26.2 Å². The molecule has 0 radical (unpaired) electrons. The number of hydrogen-bond acceptors (Lipinski definition) is 6. The Bertz CT molecular complexity index is 659. The van der Waals surface area contributed by atoms with Crippen LogP contribution in [0.2, 0.25) is 0 Å². The molecule has 0 saturated carbocycles. The molecule has 0 unspecified atom stereocenters. The molecule has 24 heavy (non-hydrogen) atoms. The number of β-amino-alcohol motifs (C(OH)–C–C–N with tert-alkyl or cyclic N) is 1. The number of aromatic nitrogens is 2. The smallest absolute Gasteiger partial charge is 0.247 e. The Labute approximate surface area is 140 Å². The zero-order chi connectivity index (χ0) is 17.1. The summed E-state index contributed by atoms with van der Waals surface area (Å²) in [5.74, 6) is 0.679. The van der Waals surface area contributed by atoms with Gasteiger partial charge < -0.3 is 9.52 Å². The van der Waals surface area contributed by atoms with Crippen LogP contribution in [-0.2, 0) is 6.54 Å². The zero-order valence-electron chi connectivity index (χ0n) is 14.0. The molecule has 1 aliphatic heterocycles.